The Morgan fingerprint density at radius 2 is 1.56 bits per heavy atom. The third-order valence-electron chi connectivity index (χ3n) is 4.97. The van der Waals surface area contributed by atoms with Gasteiger partial charge in [0.15, 0.2) is 0 Å². The molecular formula is C21H25ClNO2+. The molecule has 3 rings (SSSR count). The van der Waals surface area contributed by atoms with Crippen molar-refractivity contribution in [2.75, 3.05) is 27.2 Å². The van der Waals surface area contributed by atoms with Crippen molar-refractivity contribution in [2.24, 2.45) is 0 Å². The summed E-state index contributed by atoms with van der Waals surface area (Å²) in [5, 5.41) is 0.663. The van der Waals surface area contributed by atoms with Crippen LogP contribution in [0.2, 0.25) is 5.02 Å². The van der Waals surface area contributed by atoms with Crippen molar-refractivity contribution >= 4 is 17.6 Å². The minimum atomic E-state index is -0.414. The first-order chi connectivity index (χ1) is 11.9. The van der Waals surface area contributed by atoms with E-state index >= 15 is 0 Å². The number of halogens is 1. The van der Waals surface area contributed by atoms with Gasteiger partial charge in [-0.3, -0.25) is 4.79 Å². The van der Waals surface area contributed by atoms with Gasteiger partial charge in [0.25, 0.3) is 0 Å². The molecule has 132 valence electrons. The maximum Gasteiger partial charge on any atom is 0.318 e. The summed E-state index contributed by atoms with van der Waals surface area (Å²) in [4.78, 5) is 13.0. The van der Waals surface area contributed by atoms with Gasteiger partial charge in [-0.15, -0.1) is 0 Å². The number of hydrogen-bond donors (Lipinski definition) is 0. The van der Waals surface area contributed by atoms with Crippen molar-refractivity contribution in [3.05, 3.63) is 70.7 Å². The Morgan fingerprint density at radius 1 is 1.00 bits per heavy atom. The minimum Gasteiger partial charge on any atom is -0.461 e. The van der Waals surface area contributed by atoms with Crippen molar-refractivity contribution in [3.8, 4) is 0 Å². The number of carbonyl (C=O) groups is 1. The van der Waals surface area contributed by atoms with Crippen LogP contribution in [0.5, 0.6) is 0 Å². The molecule has 1 aliphatic heterocycles. The van der Waals surface area contributed by atoms with Crippen LogP contribution in [0.1, 0.15) is 29.9 Å². The number of likely N-dealkylation sites (tertiary alicyclic amines) is 1. The van der Waals surface area contributed by atoms with Crippen LogP contribution in [0, 0.1) is 0 Å². The predicted molar refractivity (Wildman–Crippen MR) is 101 cm³/mol. The number of ether oxygens (including phenoxy) is 1. The van der Waals surface area contributed by atoms with E-state index in [1.54, 1.807) is 0 Å². The molecule has 0 saturated carbocycles. The first-order valence-corrected chi connectivity index (χ1v) is 9.15. The number of rotatable bonds is 4. The van der Waals surface area contributed by atoms with Gasteiger partial charge in [0, 0.05) is 17.9 Å². The third kappa shape index (κ3) is 4.62. The van der Waals surface area contributed by atoms with Crippen LogP contribution in [0.3, 0.4) is 0 Å². The van der Waals surface area contributed by atoms with Gasteiger partial charge in [0.2, 0.25) is 0 Å². The number of esters is 1. The highest BCUT2D eigenvalue weighted by Crippen LogP contribution is 2.29. The molecule has 3 nitrogen and oxygen atoms in total. The highest BCUT2D eigenvalue weighted by atomic mass is 35.5. The molecule has 0 radical (unpaired) electrons. The second-order valence-corrected chi connectivity index (χ2v) is 7.85. The molecule has 0 N–H and O–H groups in total. The van der Waals surface area contributed by atoms with E-state index in [0.29, 0.717) is 5.02 Å². The SMILES string of the molecule is C[N+]1(C)CCC(OC(=O)C(c2ccccc2)c2ccc(Cl)cc2)CC1. The normalized spacial score (nSPS) is 18.5. The number of piperidine rings is 1. The summed E-state index contributed by atoms with van der Waals surface area (Å²) >= 11 is 6.01. The van der Waals surface area contributed by atoms with Crippen molar-refractivity contribution in [2.45, 2.75) is 24.9 Å². The standard InChI is InChI=1S/C21H25ClNO2/c1-23(2)14-12-19(13-15-23)25-21(24)20(16-6-4-3-5-7-16)17-8-10-18(22)11-9-17/h3-11,19-20H,12-15H2,1-2H3/q+1. The molecule has 0 amide bonds. The number of quaternary nitrogens is 1. The summed E-state index contributed by atoms with van der Waals surface area (Å²) in [5.41, 5.74) is 1.86. The number of carbonyl (C=O) groups excluding carboxylic acids is 1. The fraction of sp³-hybridized carbons (Fsp3) is 0.381. The van der Waals surface area contributed by atoms with E-state index in [-0.39, 0.29) is 12.1 Å². The Hall–Kier alpha value is -1.84. The molecule has 1 heterocycles. The van der Waals surface area contributed by atoms with Crippen molar-refractivity contribution < 1.29 is 14.0 Å². The molecule has 25 heavy (non-hydrogen) atoms. The summed E-state index contributed by atoms with van der Waals surface area (Å²) in [5.74, 6) is -0.589. The highest BCUT2D eigenvalue weighted by molar-refractivity contribution is 6.30. The van der Waals surface area contributed by atoms with Gasteiger partial charge in [0.1, 0.15) is 12.0 Å². The maximum atomic E-state index is 13.0. The maximum absolute atomic E-state index is 13.0. The lowest BCUT2D eigenvalue weighted by molar-refractivity contribution is -0.896. The molecule has 4 heteroatoms. The van der Waals surface area contributed by atoms with E-state index in [0.717, 1.165) is 41.5 Å². The van der Waals surface area contributed by atoms with Crippen LogP contribution >= 0.6 is 11.6 Å². The zero-order chi connectivity index (χ0) is 17.9. The Bertz CT molecular complexity index is 702. The average molecular weight is 359 g/mol. The molecular weight excluding hydrogens is 334 g/mol. The second kappa shape index (κ2) is 7.59. The Labute approximate surface area is 154 Å². The van der Waals surface area contributed by atoms with Crippen LogP contribution in [-0.4, -0.2) is 43.7 Å². The van der Waals surface area contributed by atoms with Crippen LogP contribution in [0.15, 0.2) is 54.6 Å². The molecule has 1 aliphatic rings. The van der Waals surface area contributed by atoms with Gasteiger partial charge in [-0.1, -0.05) is 54.1 Å². The lowest BCUT2D eigenvalue weighted by Gasteiger charge is -2.37. The predicted octanol–water partition coefficient (Wildman–Crippen LogP) is 4.25. The van der Waals surface area contributed by atoms with Crippen molar-refractivity contribution in [3.63, 3.8) is 0 Å². The third-order valence-corrected chi connectivity index (χ3v) is 5.22. The summed E-state index contributed by atoms with van der Waals surface area (Å²) in [6, 6.07) is 17.3. The lowest BCUT2D eigenvalue weighted by Crippen LogP contribution is -2.48. The summed E-state index contributed by atoms with van der Waals surface area (Å²) in [7, 11) is 4.44. The van der Waals surface area contributed by atoms with Gasteiger partial charge in [-0.2, -0.15) is 0 Å². The first kappa shape index (κ1) is 18.0. The van der Waals surface area contributed by atoms with E-state index in [1.165, 1.54) is 0 Å². The molecule has 1 saturated heterocycles. The molecule has 0 aromatic heterocycles. The largest absolute Gasteiger partial charge is 0.461 e. The summed E-state index contributed by atoms with van der Waals surface area (Å²) < 4.78 is 6.90. The Balaban J connectivity index is 1.80. The van der Waals surface area contributed by atoms with E-state index in [9.17, 15) is 4.79 Å². The summed E-state index contributed by atoms with van der Waals surface area (Å²) in [6.07, 6.45) is 1.85. The molecule has 2 aromatic carbocycles. The van der Waals surface area contributed by atoms with E-state index in [2.05, 4.69) is 14.1 Å². The van der Waals surface area contributed by atoms with Gasteiger partial charge in [0.05, 0.1) is 27.2 Å². The quantitative estimate of drug-likeness (QED) is 0.603. The van der Waals surface area contributed by atoms with E-state index in [4.69, 9.17) is 16.3 Å². The van der Waals surface area contributed by atoms with E-state index < -0.39 is 5.92 Å². The molecule has 0 aliphatic carbocycles. The monoisotopic (exact) mass is 358 g/mol. The van der Waals surface area contributed by atoms with Crippen molar-refractivity contribution in [1.82, 2.24) is 0 Å². The number of benzene rings is 2. The molecule has 1 atom stereocenters. The second-order valence-electron chi connectivity index (χ2n) is 7.41. The number of hydrogen-bond acceptors (Lipinski definition) is 2. The van der Waals surface area contributed by atoms with Crippen LogP contribution in [0.4, 0.5) is 0 Å². The zero-order valence-electron chi connectivity index (χ0n) is 14.8. The number of nitrogens with zero attached hydrogens (tertiary/aromatic N) is 1. The molecule has 0 bridgehead atoms. The first-order valence-electron chi connectivity index (χ1n) is 8.77. The molecule has 1 fully saturated rings. The summed E-state index contributed by atoms with van der Waals surface area (Å²) in [6.45, 7) is 2.07. The lowest BCUT2D eigenvalue weighted by atomic mass is 9.91. The highest BCUT2D eigenvalue weighted by Gasteiger charge is 2.31. The zero-order valence-corrected chi connectivity index (χ0v) is 15.6. The molecule has 2 aromatic rings. The van der Waals surface area contributed by atoms with Gasteiger partial charge in [-0.25, -0.2) is 0 Å². The van der Waals surface area contributed by atoms with Gasteiger partial charge < -0.3 is 9.22 Å². The smallest absolute Gasteiger partial charge is 0.318 e. The molecule has 1 unspecified atom stereocenters. The molecule has 0 spiro atoms. The van der Waals surface area contributed by atoms with Gasteiger partial charge >= 0.3 is 5.97 Å². The fourth-order valence-corrected chi connectivity index (χ4v) is 3.48. The topological polar surface area (TPSA) is 26.3 Å². The van der Waals surface area contributed by atoms with Crippen LogP contribution in [0.25, 0.3) is 0 Å². The van der Waals surface area contributed by atoms with Crippen LogP contribution < -0.4 is 0 Å². The Morgan fingerprint density at radius 3 is 2.16 bits per heavy atom. The van der Waals surface area contributed by atoms with E-state index in [1.807, 2.05) is 54.6 Å². The van der Waals surface area contributed by atoms with Crippen LogP contribution in [-0.2, 0) is 9.53 Å². The fourth-order valence-electron chi connectivity index (χ4n) is 3.36. The minimum absolute atomic E-state index is 0.0113. The van der Waals surface area contributed by atoms with Crippen molar-refractivity contribution in [1.29, 1.82) is 0 Å². The average Bonchev–Trinajstić information content (AvgIpc) is 2.60. The Kier molecular flexibility index (Phi) is 5.45. The van der Waals surface area contributed by atoms with Gasteiger partial charge in [-0.05, 0) is 23.3 Å².